The monoisotopic (exact) mass is 182 g/mol. The Morgan fingerprint density at radius 1 is 1.55 bits per heavy atom. The van der Waals surface area contributed by atoms with E-state index in [1.54, 1.807) is 0 Å². The van der Waals surface area contributed by atoms with Crippen LogP contribution in [-0.4, -0.2) is 32.0 Å². The first-order valence-electron chi connectivity index (χ1n) is 3.42. The molecular weight excluding hydrogens is 171 g/mol. The van der Waals surface area contributed by atoms with Gasteiger partial charge in [-0.1, -0.05) is 0 Å². The minimum Gasteiger partial charge on any atom is -0.246 e. The number of hydrogen-bond donors (Lipinski definition) is 1. The van der Waals surface area contributed by atoms with Gasteiger partial charge < -0.3 is 0 Å². The summed E-state index contributed by atoms with van der Waals surface area (Å²) in [7, 11) is -3.67. The summed E-state index contributed by atoms with van der Waals surface area (Å²) in [4.78, 5) is 0. The minimum absolute atomic E-state index is 0.0845. The van der Waals surface area contributed by atoms with E-state index in [1.807, 2.05) is 0 Å². The van der Waals surface area contributed by atoms with Crippen molar-refractivity contribution >= 4 is 10.2 Å². The van der Waals surface area contributed by atoms with Gasteiger partial charge in [0.1, 0.15) is 6.17 Å². The molecule has 4 nitrogen and oxygen atoms in total. The number of hydrogen-bond acceptors (Lipinski definition) is 2. The zero-order valence-electron chi connectivity index (χ0n) is 6.03. The highest BCUT2D eigenvalue weighted by Gasteiger charge is 2.25. The Kier molecular flexibility index (Phi) is 2.46. The second kappa shape index (κ2) is 3.04. The summed E-state index contributed by atoms with van der Waals surface area (Å²) in [5.74, 6) is 0. The standard InChI is InChI=1S/C5H11FN2O2S/c6-5-2-1-3-8(4-5)11(7,9)10/h5H,1-4H2,(H2,7,9,10). The summed E-state index contributed by atoms with van der Waals surface area (Å²) in [6.07, 6.45) is -0.0639. The van der Waals surface area contributed by atoms with Gasteiger partial charge in [-0.2, -0.15) is 12.7 Å². The Morgan fingerprint density at radius 2 is 2.18 bits per heavy atom. The summed E-state index contributed by atoms with van der Waals surface area (Å²) in [6, 6.07) is 0. The van der Waals surface area contributed by atoms with Crippen LogP contribution in [0.5, 0.6) is 0 Å². The fraction of sp³-hybridized carbons (Fsp3) is 1.00. The van der Waals surface area contributed by atoms with E-state index in [0.717, 1.165) is 4.31 Å². The van der Waals surface area contributed by atoms with Crippen LogP contribution in [0.15, 0.2) is 0 Å². The van der Waals surface area contributed by atoms with Gasteiger partial charge in [-0.15, -0.1) is 0 Å². The Labute approximate surface area is 65.4 Å². The summed E-state index contributed by atoms with van der Waals surface area (Å²) in [6.45, 7) is 0.262. The van der Waals surface area contributed by atoms with Gasteiger partial charge in [0.25, 0.3) is 10.2 Å². The molecule has 1 aliphatic rings. The van der Waals surface area contributed by atoms with Crippen LogP contribution >= 0.6 is 0 Å². The number of alkyl halides is 1. The first-order valence-corrected chi connectivity index (χ1v) is 4.92. The van der Waals surface area contributed by atoms with Crippen LogP contribution in [0.3, 0.4) is 0 Å². The second-order valence-corrected chi connectivity index (χ2v) is 4.19. The maximum absolute atomic E-state index is 12.6. The molecule has 2 N–H and O–H groups in total. The lowest BCUT2D eigenvalue weighted by Gasteiger charge is -2.25. The molecule has 0 aromatic heterocycles. The van der Waals surface area contributed by atoms with E-state index >= 15 is 0 Å². The van der Waals surface area contributed by atoms with Crippen LogP contribution in [0.2, 0.25) is 0 Å². The Bertz CT molecular complexity index is 229. The molecule has 6 heteroatoms. The van der Waals surface area contributed by atoms with E-state index in [2.05, 4.69) is 0 Å². The lowest BCUT2D eigenvalue weighted by atomic mass is 10.1. The molecule has 1 saturated heterocycles. The average molecular weight is 182 g/mol. The average Bonchev–Trinajstić information content (AvgIpc) is 1.86. The van der Waals surface area contributed by atoms with E-state index in [0.29, 0.717) is 19.4 Å². The molecule has 0 bridgehead atoms. The van der Waals surface area contributed by atoms with Crippen molar-refractivity contribution in [2.24, 2.45) is 5.14 Å². The van der Waals surface area contributed by atoms with Crippen LogP contribution in [0.4, 0.5) is 4.39 Å². The van der Waals surface area contributed by atoms with E-state index in [-0.39, 0.29) is 6.54 Å². The number of nitrogens with two attached hydrogens (primary N) is 1. The van der Waals surface area contributed by atoms with Gasteiger partial charge in [0.15, 0.2) is 0 Å². The van der Waals surface area contributed by atoms with Crippen molar-refractivity contribution in [3.63, 3.8) is 0 Å². The van der Waals surface area contributed by atoms with Crippen molar-refractivity contribution in [2.45, 2.75) is 19.0 Å². The van der Waals surface area contributed by atoms with Gasteiger partial charge >= 0.3 is 0 Å². The topological polar surface area (TPSA) is 63.4 Å². The molecule has 0 aliphatic carbocycles. The molecule has 66 valence electrons. The first kappa shape index (κ1) is 8.89. The van der Waals surface area contributed by atoms with Gasteiger partial charge in [0.05, 0.1) is 0 Å². The predicted octanol–water partition coefficient (Wildman–Crippen LogP) is -0.376. The molecule has 1 aliphatic heterocycles. The van der Waals surface area contributed by atoms with Crippen molar-refractivity contribution in [1.29, 1.82) is 0 Å². The summed E-state index contributed by atoms with van der Waals surface area (Å²) >= 11 is 0. The van der Waals surface area contributed by atoms with Crippen molar-refractivity contribution in [2.75, 3.05) is 13.1 Å². The van der Waals surface area contributed by atoms with E-state index < -0.39 is 16.4 Å². The predicted molar refractivity (Wildman–Crippen MR) is 38.8 cm³/mol. The third-order valence-electron chi connectivity index (χ3n) is 1.69. The Balaban J connectivity index is 2.60. The van der Waals surface area contributed by atoms with Crippen LogP contribution in [-0.2, 0) is 10.2 Å². The van der Waals surface area contributed by atoms with Gasteiger partial charge in [-0.3, -0.25) is 0 Å². The highest BCUT2D eigenvalue weighted by Crippen LogP contribution is 2.13. The van der Waals surface area contributed by atoms with Gasteiger partial charge in [0.2, 0.25) is 0 Å². The highest BCUT2D eigenvalue weighted by molar-refractivity contribution is 7.86. The minimum atomic E-state index is -3.67. The maximum atomic E-state index is 12.6. The Morgan fingerprint density at radius 3 is 2.55 bits per heavy atom. The number of nitrogens with zero attached hydrogens (tertiary/aromatic N) is 1. The molecule has 0 saturated carbocycles. The number of rotatable bonds is 1. The molecule has 0 aromatic rings. The summed E-state index contributed by atoms with van der Waals surface area (Å²) in [5, 5.41) is 4.80. The van der Waals surface area contributed by atoms with Crippen molar-refractivity contribution in [1.82, 2.24) is 4.31 Å². The third kappa shape index (κ3) is 2.39. The molecule has 1 rings (SSSR count). The van der Waals surface area contributed by atoms with Gasteiger partial charge in [-0.25, -0.2) is 9.53 Å². The molecule has 1 heterocycles. The molecule has 0 aromatic carbocycles. The number of piperidine rings is 1. The lowest BCUT2D eigenvalue weighted by molar-refractivity contribution is 0.203. The van der Waals surface area contributed by atoms with Crippen molar-refractivity contribution < 1.29 is 12.8 Å². The van der Waals surface area contributed by atoms with Gasteiger partial charge in [-0.05, 0) is 12.8 Å². The lowest BCUT2D eigenvalue weighted by Crippen LogP contribution is -2.44. The summed E-state index contributed by atoms with van der Waals surface area (Å²) < 4.78 is 34.9. The Hall–Kier alpha value is -0.200. The molecule has 0 amide bonds. The first-order chi connectivity index (χ1) is 5.00. The van der Waals surface area contributed by atoms with Crippen molar-refractivity contribution in [3.05, 3.63) is 0 Å². The van der Waals surface area contributed by atoms with E-state index in [4.69, 9.17) is 5.14 Å². The SMILES string of the molecule is NS(=O)(=O)N1CCCC(F)C1. The zero-order chi connectivity index (χ0) is 8.48. The normalized spacial score (nSPS) is 28.7. The van der Waals surface area contributed by atoms with Crippen molar-refractivity contribution in [3.8, 4) is 0 Å². The smallest absolute Gasteiger partial charge is 0.246 e. The van der Waals surface area contributed by atoms with Crippen LogP contribution in [0.25, 0.3) is 0 Å². The quantitative estimate of drug-likeness (QED) is 0.601. The fourth-order valence-corrected chi connectivity index (χ4v) is 1.88. The van der Waals surface area contributed by atoms with E-state index in [1.165, 1.54) is 0 Å². The largest absolute Gasteiger partial charge is 0.276 e. The molecule has 1 unspecified atom stereocenters. The molecule has 11 heavy (non-hydrogen) atoms. The van der Waals surface area contributed by atoms with Crippen LogP contribution in [0, 0.1) is 0 Å². The molecule has 0 spiro atoms. The maximum Gasteiger partial charge on any atom is 0.276 e. The van der Waals surface area contributed by atoms with Gasteiger partial charge in [0, 0.05) is 13.1 Å². The number of halogens is 1. The van der Waals surface area contributed by atoms with Crippen LogP contribution < -0.4 is 5.14 Å². The molecule has 1 fully saturated rings. The fourth-order valence-electron chi connectivity index (χ4n) is 1.12. The molecule has 0 radical (unpaired) electrons. The molecular formula is C5H11FN2O2S. The zero-order valence-corrected chi connectivity index (χ0v) is 6.85. The second-order valence-electron chi connectivity index (χ2n) is 2.64. The third-order valence-corrected chi connectivity index (χ3v) is 2.74. The van der Waals surface area contributed by atoms with Crippen LogP contribution in [0.1, 0.15) is 12.8 Å². The summed E-state index contributed by atoms with van der Waals surface area (Å²) in [5.41, 5.74) is 0. The highest BCUT2D eigenvalue weighted by atomic mass is 32.2. The van der Waals surface area contributed by atoms with E-state index in [9.17, 15) is 12.8 Å². The molecule has 1 atom stereocenters.